The first-order chi connectivity index (χ1) is 8.29. The number of fused-ring (bicyclic) bond motifs is 1. The van der Waals surface area contributed by atoms with Crippen molar-refractivity contribution in [2.45, 2.75) is 19.2 Å². The van der Waals surface area contributed by atoms with E-state index < -0.39 is 23.8 Å². The van der Waals surface area contributed by atoms with E-state index in [2.05, 4.69) is 0 Å². The third kappa shape index (κ3) is 2.18. The molecular weight excluding hydrogens is 249 g/mol. The largest absolute Gasteiger partial charge is 0.478 e. The van der Waals surface area contributed by atoms with Crippen molar-refractivity contribution < 1.29 is 27.8 Å². The summed E-state index contributed by atoms with van der Waals surface area (Å²) in [6.07, 6.45) is -6.18. The summed E-state index contributed by atoms with van der Waals surface area (Å²) in [4.78, 5) is 10.9. The van der Waals surface area contributed by atoms with Gasteiger partial charge in [0.15, 0.2) is 0 Å². The highest BCUT2D eigenvalue weighted by atomic mass is 19.4. The minimum Gasteiger partial charge on any atom is -0.478 e. The predicted molar refractivity (Wildman–Crippen MR) is 57.3 cm³/mol. The van der Waals surface area contributed by atoms with E-state index in [4.69, 9.17) is 9.84 Å². The van der Waals surface area contributed by atoms with E-state index >= 15 is 0 Å². The molecule has 96 valence electrons. The Hall–Kier alpha value is -1.98. The summed E-state index contributed by atoms with van der Waals surface area (Å²) < 4.78 is 42.8. The Morgan fingerprint density at radius 2 is 2.06 bits per heavy atom. The van der Waals surface area contributed by atoms with Gasteiger partial charge in [0.2, 0.25) is 6.10 Å². The van der Waals surface area contributed by atoms with Gasteiger partial charge in [-0.05, 0) is 25.1 Å². The van der Waals surface area contributed by atoms with Crippen LogP contribution in [0.3, 0.4) is 0 Å². The van der Waals surface area contributed by atoms with Crippen molar-refractivity contribution in [3.8, 4) is 5.75 Å². The van der Waals surface area contributed by atoms with Crippen LogP contribution in [0.15, 0.2) is 23.8 Å². The van der Waals surface area contributed by atoms with Gasteiger partial charge in [0.25, 0.3) is 0 Å². The molecule has 0 radical (unpaired) electrons. The van der Waals surface area contributed by atoms with Crippen LogP contribution in [0.2, 0.25) is 0 Å². The number of benzene rings is 1. The summed E-state index contributed by atoms with van der Waals surface area (Å²) in [5.41, 5.74) is 0.345. The van der Waals surface area contributed by atoms with Crippen molar-refractivity contribution in [1.29, 1.82) is 0 Å². The smallest absolute Gasteiger partial charge is 0.430 e. The van der Waals surface area contributed by atoms with Crippen LogP contribution in [-0.2, 0) is 4.79 Å². The molecule has 1 heterocycles. The number of halogens is 3. The zero-order valence-corrected chi connectivity index (χ0v) is 9.28. The molecule has 0 amide bonds. The third-order valence-corrected chi connectivity index (χ3v) is 2.55. The lowest BCUT2D eigenvalue weighted by Gasteiger charge is -2.27. The molecule has 1 N–H and O–H groups in total. The topological polar surface area (TPSA) is 46.5 Å². The van der Waals surface area contributed by atoms with Gasteiger partial charge in [-0.1, -0.05) is 11.6 Å². The summed E-state index contributed by atoms with van der Waals surface area (Å²) in [6.45, 7) is 1.75. The second-order valence-electron chi connectivity index (χ2n) is 3.99. The Morgan fingerprint density at radius 1 is 1.39 bits per heavy atom. The van der Waals surface area contributed by atoms with E-state index in [1.165, 1.54) is 6.07 Å². The van der Waals surface area contributed by atoms with Crippen LogP contribution in [0.5, 0.6) is 5.75 Å². The normalized spacial score (nSPS) is 18.7. The zero-order chi connectivity index (χ0) is 13.5. The average Bonchev–Trinajstić information content (AvgIpc) is 2.25. The fourth-order valence-electron chi connectivity index (χ4n) is 1.74. The SMILES string of the molecule is Cc1ccc2c(c1)C=C(C(=O)O)[C@@H](C(F)(F)F)O2. The van der Waals surface area contributed by atoms with Crippen LogP contribution >= 0.6 is 0 Å². The molecule has 0 aliphatic carbocycles. The first kappa shape index (κ1) is 12.5. The third-order valence-electron chi connectivity index (χ3n) is 2.55. The number of carbonyl (C=O) groups is 1. The summed E-state index contributed by atoms with van der Waals surface area (Å²) >= 11 is 0. The Labute approximate surface area is 100 Å². The van der Waals surface area contributed by atoms with Crippen LogP contribution in [0, 0.1) is 6.92 Å². The van der Waals surface area contributed by atoms with Crippen molar-refractivity contribution in [3.05, 3.63) is 34.9 Å². The molecule has 6 heteroatoms. The van der Waals surface area contributed by atoms with E-state index in [1.807, 2.05) is 0 Å². The molecule has 3 nitrogen and oxygen atoms in total. The van der Waals surface area contributed by atoms with Crippen LogP contribution < -0.4 is 4.74 Å². The fraction of sp³-hybridized carbons (Fsp3) is 0.250. The summed E-state index contributed by atoms with van der Waals surface area (Å²) in [5, 5.41) is 8.82. The van der Waals surface area contributed by atoms with E-state index in [0.29, 0.717) is 5.56 Å². The molecule has 1 aromatic rings. The molecule has 2 rings (SSSR count). The van der Waals surface area contributed by atoms with Crippen molar-refractivity contribution in [2.24, 2.45) is 0 Å². The molecule has 1 aliphatic heterocycles. The average molecular weight is 258 g/mol. The van der Waals surface area contributed by atoms with E-state index in [-0.39, 0.29) is 5.75 Å². The van der Waals surface area contributed by atoms with Gasteiger partial charge < -0.3 is 9.84 Å². The van der Waals surface area contributed by atoms with Crippen molar-refractivity contribution in [3.63, 3.8) is 0 Å². The molecule has 0 spiro atoms. The van der Waals surface area contributed by atoms with Gasteiger partial charge in [-0.3, -0.25) is 0 Å². The number of carboxylic acid groups (broad SMARTS) is 1. The predicted octanol–water partition coefficient (Wildman–Crippen LogP) is 2.79. The van der Waals surface area contributed by atoms with E-state index in [9.17, 15) is 18.0 Å². The lowest BCUT2D eigenvalue weighted by Crippen LogP contribution is -2.40. The highest BCUT2D eigenvalue weighted by molar-refractivity contribution is 5.95. The van der Waals surface area contributed by atoms with Gasteiger partial charge >= 0.3 is 12.1 Å². The van der Waals surface area contributed by atoms with E-state index in [0.717, 1.165) is 11.6 Å². The molecule has 1 aromatic carbocycles. The highest BCUT2D eigenvalue weighted by Crippen LogP contribution is 2.37. The van der Waals surface area contributed by atoms with Gasteiger partial charge in [0, 0.05) is 5.56 Å². The number of ether oxygens (including phenoxy) is 1. The molecule has 0 bridgehead atoms. The molecule has 18 heavy (non-hydrogen) atoms. The fourth-order valence-corrected chi connectivity index (χ4v) is 1.74. The number of aliphatic carboxylic acids is 1. The molecule has 0 fully saturated rings. The van der Waals surface area contributed by atoms with Crippen LogP contribution in [0.25, 0.3) is 6.08 Å². The van der Waals surface area contributed by atoms with Gasteiger partial charge in [-0.25, -0.2) is 4.79 Å². The number of alkyl halides is 3. The summed E-state index contributed by atoms with van der Waals surface area (Å²) in [5.74, 6) is -1.60. The number of aryl methyl sites for hydroxylation is 1. The number of rotatable bonds is 1. The maximum Gasteiger partial charge on any atom is 0.430 e. The second kappa shape index (κ2) is 4.04. The summed E-state index contributed by atoms with van der Waals surface area (Å²) in [7, 11) is 0. The van der Waals surface area contributed by atoms with Gasteiger partial charge in [0.05, 0.1) is 5.57 Å². The molecular formula is C12H9F3O3. The lowest BCUT2D eigenvalue weighted by atomic mass is 10.00. The molecule has 0 saturated heterocycles. The Bertz CT molecular complexity index is 532. The minimum absolute atomic E-state index is 0.0351. The maximum atomic E-state index is 12.7. The number of carboxylic acids is 1. The van der Waals surface area contributed by atoms with Crippen LogP contribution in [0.4, 0.5) is 13.2 Å². The van der Waals surface area contributed by atoms with Crippen molar-refractivity contribution >= 4 is 12.0 Å². The van der Waals surface area contributed by atoms with Crippen LogP contribution in [0.1, 0.15) is 11.1 Å². The van der Waals surface area contributed by atoms with E-state index in [1.54, 1.807) is 19.1 Å². The molecule has 1 atom stereocenters. The number of hydrogen-bond donors (Lipinski definition) is 1. The molecule has 0 saturated carbocycles. The maximum absolute atomic E-state index is 12.7. The Kier molecular flexibility index (Phi) is 2.80. The minimum atomic E-state index is -4.76. The van der Waals surface area contributed by atoms with Gasteiger partial charge in [-0.2, -0.15) is 13.2 Å². The zero-order valence-electron chi connectivity index (χ0n) is 9.28. The molecule has 0 aromatic heterocycles. The number of hydrogen-bond acceptors (Lipinski definition) is 2. The molecule has 0 unspecified atom stereocenters. The molecule has 1 aliphatic rings. The summed E-state index contributed by atoms with van der Waals surface area (Å²) in [6, 6.07) is 4.58. The Morgan fingerprint density at radius 3 is 2.61 bits per heavy atom. The second-order valence-corrected chi connectivity index (χ2v) is 3.99. The first-order valence-corrected chi connectivity index (χ1v) is 5.08. The highest BCUT2D eigenvalue weighted by Gasteiger charge is 2.48. The standard InChI is InChI=1S/C12H9F3O3/c1-6-2-3-9-7(4-6)5-8(11(16)17)10(18-9)12(13,14)15/h2-5,10H,1H3,(H,16,17)/t10-/m0/s1. The lowest BCUT2D eigenvalue weighted by molar-refractivity contribution is -0.187. The Balaban J connectivity index is 2.53. The van der Waals surface area contributed by atoms with Crippen molar-refractivity contribution in [2.75, 3.05) is 0 Å². The van der Waals surface area contributed by atoms with Gasteiger partial charge in [-0.15, -0.1) is 0 Å². The monoisotopic (exact) mass is 258 g/mol. The van der Waals surface area contributed by atoms with Gasteiger partial charge in [0.1, 0.15) is 5.75 Å². The first-order valence-electron chi connectivity index (χ1n) is 5.08. The van der Waals surface area contributed by atoms with Crippen LogP contribution in [-0.4, -0.2) is 23.4 Å². The van der Waals surface area contributed by atoms with Crippen molar-refractivity contribution in [1.82, 2.24) is 0 Å². The quantitative estimate of drug-likeness (QED) is 0.842.